The van der Waals surface area contributed by atoms with Crippen molar-refractivity contribution in [2.24, 2.45) is 0 Å². The number of nitrogens with zero attached hydrogens (tertiary/aromatic N) is 3. The van der Waals surface area contributed by atoms with Gasteiger partial charge in [0.15, 0.2) is 0 Å². The molecule has 2 aromatic rings. The summed E-state index contributed by atoms with van der Waals surface area (Å²) in [7, 11) is 0. The minimum atomic E-state index is -0.644. The van der Waals surface area contributed by atoms with Crippen LogP contribution in [0.2, 0.25) is 0 Å². The summed E-state index contributed by atoms with van der Waals surface area (Å²) in [5, 5.41) is 7.78. The van der Waals surface area contributed by atoms with E-state index in [2.05, 4.69) is 10.2 Å². The third kappa shape index (κ3) is 1.61. The van der Waals surface area contributed by atoms with Crippen molar-refractivity contribution in [2.75, 3.05) is 0 Å². The number of halogens is 2. The second-order valence-corrected chi connectivity index (χ2v) is 2.90. The average Bonchev–Trinajstić information content (AvgIpc) is 2.50. The Morgan fingerprint density at radius 2 is 1.79 bits per heavy atom. The maximum absolute atomic E-state index is 12.8. The lowest BCUT2D eigenvalue weighted by Gasteiger charge is -1.99. The maximum atomic E-state index is 12.8. The fourth-order valence-corrected chi connectivity index (χ4v) is 1.12. The van der Waals surface area contributed by atoms with Gasteiger partial charge in [-0.3, -0.25) is 0 Å². The highest BCUT2D eigenvalue weighted by atomic mass is 19.1. The molecule has 0 N–H and O–H groups in total. The van der Waals surface area contributed by atoms with E-state index >= 15 is 0 Å². The van der Waals surface area contributed by atoms with Gasteiger partial charge < -0.3 is 0 Å². The van der Waals surface area contributed by atoms with Crippen molar-refractivity contribution in [1.82, 2.24) is 15.0 Å². The second kappa shape index (κ2) is 3.17. The normalized spacial score (nSPS) is 10.5. The Bertz CT molecular complexity index is 445. The Labute approximate surface area is 79.0 Å². The molecule has 0 unspecified atom stereocenters. The fraction of sp³-hybridized carbons (Fsp3) is 0.111. The summed E-state index contributed by atoms with van der Waals surface area (Å²) in [6.45, 7) is 1.75. The van der Waals surface area contributed by atoms with Gasteiger partial charge in [-0.1, -0.05) is 0 Å². The first-order valence-electron chi connectivity index (χ1n) is 4.00. The van der Waals surface area contributed by atoms with Gasteiger partial charge in [-0.2, -0.15) is 15.0 Å². The molecular formula is C9H7F2N3. The molecule has 5 heteroatoms. The van der Waals surface area contributed by atoms with Crippen LogP contribution in [0.15, 0.2) is 24.4 Å². The molecule has 0 radical (unpaired) electrons. The van der Waals surface area contributed by atoms with Crippen LogP contribution in [0.25, 0.3) is 5.69 Å². The predicted octanol–water partition coefficient (Wildman–Crippen LogP) is 1.85. The number of hydrogen-bond acceptors (Lipinski definition) is 2. The zero-order valence-electron chi connectivity index (χ0n) is 7.41. The first kappa shape index (κ1) is 8.80. The Kier molecular flexibility index (Phi) is 1.99. The van der Waals surface area contributed by atoms with Crippen molar-refractivity contribution in [2.45, 2.75) is 6.92 Å². The Hall–Kier alpha value is -1.78. The van der Waals surface area contributed by atoms with Crippen LogP contribution in [-0.2, 0) is 0 Å². The zero-order valence-corrected chi connectivity index (χ0v) is 7.41. The van der Waals surface area contributed by atoms with Crippen molar-refractivity contribution >= 4 is 0 Å². The molecule has 0 bridgehead atoms. The lowest BCUT2D eigenvalue weighted by Crippen LogP contribution is -2.00. The summed E-state index contributed by atoms with van der Waals surface area (Å²) in [4.78, 5) is 1.18. The van der Waals surface area contributed by atoms with Gasteiger partial charge in [0.25, 0.3) is 0 Å². The van der Waals surface area contributed by atoms with Gasteiger partial charge >= 0.3 is 0 Å². The molecule has 0 spiro atoms. The standard InChI is InChI=1S/C9H7F2N3/c1-6-5-12-14(13-6)9-3-7(10)2-8(11)4-9/h2-5H,1H3. The largest absolute Gasteiger partial charge is 0.207 e. The monoisotopic (exact) mass is 195 g/mol. The fourth-order valence-electron chi connectivity index (χ4n) is 1.12. The molecule has 72 valence electrons. The van der Waals surface area contributed by atoms with Gasteiger partial charge in [0, 0.05) is 18.2 Å². The molecule has 0 aliphatic heterocycles. The van der Waals surface area contributed by atoms with E-state index in [1.54, 1.807) is 6.92 Å². The van der Waals surface area contributed by atoms with E-state index in [9.17, 15) is 8.78 Å². The first-order valence-corrected chi connectivity index (χ1v) is 4.00. The molecule has 0 fully saturated rings. The topological polar surface area (TPSA) is 30.7 Å². The molecule has 2 rings (SSSR count). The van der Waals surface area contributed by atoms with Crippen molar-refractivity contribution < 1.29 is 8.78 Å². The molecule has 0 atom stereocenters. The summed E-state index contributed by atoms with van der Waals surface area (Å²) in [5.41, 5.74) is 0.963. The molecule has 1 aromatic heterocycles. The lowest BCUT2D eigenvalue weighted by atomic mass is 10.3. The first-order chi connectivity index (χ1) is 6.65. The maximum Gasteiger partial charge on any atom is 0.128 e. The molecular weight excluding hydrogens is 188 g/mol. The van der Waals surface area contributed by atoms with Crippen molar-refractivity contribution in [3.05, 3.63) is 41.7 Å². The molecule has 0 aliphatic rings. The quantitative estimate of drug-likeness (QED) is 0.695. The zero-order chi connectivity index (χ0) is 10.1. The van der Waals surface area contributed by atoms with Crippen LogP contribution >= 0.6 is 0 Å². The number of rotatable bonds is 1. The Morgan fingerprint density at radius 3 is 2.29 bits per heavy atom. The van der Waals surface area contributed by atoms with Crippen LogP contribution in [-0.4, -0.2) is 15.0 Å². The molecule has 3 nitrogen and oxygen atoms in total. The van der Waals surface area contributed by atoms with Gasteiger partial charge in [0.1, 0.15) is 11.6 Å². The molecule has 14 heavy (non-hydrogen) atoms. The Morgan fingerprint density at radius 1 is 1.14 bits per heavy atom. The van der Waals surface area contributed by atoms with E-state index in [1.165, 1.54) is 23.1 Å². The minimum Gasteiger partial charge on any atom is -0.207 e. The van der Waals surface area contributed by atoms with Gasteiger partial charge in [0.05, 0.1) is 17.6 Å². The van der Waals surface area contributed by atoms with Gasteiger partial charge in [-0.15, -0.1) is 0 Å². The summed E-state index contributed by atoms with van der Waals surface area (Å²) in [5.74, 6) is -1.29. The smallest absolute Gasteiger partial charge is 0.128 e. The van der Waals surface area contributed by atoms with Crippen LogP contribution in [0.5, 0.6) is 0 Å². The van der Waals surface area contributed by atoms with Crippen molar-refractivity contribution in [3.63, 3.8) is 0 Å². The van der Waals surface area contributed by atoms with E-state index < -0.39 is 11.6 Å². The lowest BCUT2D eigenvalue weighted by molar-refractivity contribution is 0.577. The highest BCUT2D eigenvalue weighted by Gasteiger charge is 2.04. The molecule has 0 amide bonds. The molecule has 0 saturated heterocycles. The SMILES string of the molecule is Cc1cnn(-c2cc(F)cc(F)c2)n1. The molecule has 1 aromatic carbocycles. The average molecular weight is 195 g/mol. The third-order valence-electron chi connectivity index (χ3n) is 1.68. The van der Waals surface area contributed by atoms with Gasteiger partial charge in [0.2, 0.25) is 0 Å². The Balaban J connectivity index is 2.51. The van der Waals surface area contributed by atoms with E-state index in [-0.39, 0.29) is 5.69 Å². The predicted molar refractivity (Wildman–Crippen MR) is 46.0 cm³/mol. The van der Waals surface area contributed by atoms with Crippen LogP contribution in [0.3, 0.4) is 0 Å². The third-order valence-corrected chi connectivity index (χ3v) is 1.68. The number of hydrogen-bond donors (Lipinski definition) is 0. The molecule has 0 saturated carbocycles. The van der Waals surface area contributed by atoms with E-state index in [4.69, 9.17) is 0 Å². The van der Waals surface area contributed by atoms with Crippen LogP contribution in [0, 0.1) is 18.6 Å². The molecule has 1 heterocycles. The summed E-state index contributed by atoms with van der Waals surface area (Å²) < 4.78 is 25.6. The van der Waals surface area contributed by atoms with Crippen molar-refractivity contribution in [3.8, 4) is 5.69 Å². The summed E-state index contributed by atoms with van der Waals surface area (Å²) >= 11 is 0. The number of benzene rings is 1. The number of aryl methyl sites for hydroxylation is 1. The van der Waals surface area contributed by atoms with Crippen molar-refractivity contribution in [1.29, 1.82) is 0 Å². The second-order valence-electron chi connectivity index (χ2n) is 2.90. The number of aromatic nitrogens is 3. The summed E-state index contributed by atoms with van der Waals surface area (Å²) in [6.07, 6.45) is 1.52. The highest BCUT2D eigenvalue weighted by Crippen LogP contribution is 2.10. The summed E-state index contributed by atoms with van der Waals surface area (Å²) in [6, 6.07) is 3.14. The van der Waals surface area contributed by atoms with Crippen LogP contribution in [0.1, 0.15) is 5.69 Å². The van der Waals surface area contributed by atoms with E-state index in [0.717, 1.165) is 6.07 Å². The van der Waals surface area contributed by atoms with Gasteiger partial charge in [-0.05, 0) is 6.92 Å². The van der Waals surface area contributed by atoms with Gasteiger partial charge in [-0.25, -0.2) is 8.78 Å². The molecule has 0 aliphatic carbocycles. The highest BCUT2D eigenvalue weighted by molar-refractivity contribution is 5.30. The van der Waals surface area contributed by atoms with Crippen LogP contribution < -0.4 is 0 Å². The van der Waals surface area contributed by atoms with E-state index in [1.807, 2.05) is 0 Å². The van der Waals surface area contributed by atoms with E-state index in [0.29, 0.717) is 5.69 Å². The van der Waals surface area contributed by atoms with Crippen LogP contribution in [0.4, 0.5) is 8.78 Å². The minimum absolute atomic E-state index is 0.274.